The minimum Gasteiger partial charge on any atom is -0.507 e. The van der Waals surface area contributed by atoms with E-state index in [9.17, 15) is 9.90 Å². The van der Waals surface area contributed by atoms with Crippen LogP contribution >= 0.6 is 0 Å². The minimum absolute atomic E-state index is 0.0634. The third-order valence-corrected chi connectivity index (χ3v) is 6.80. The number of nitrogens with zero attached hydrogens (tertiary/aromatic N) is 3. The summed E-state index contributed by atoms with van der Waals surface area (Å²) in [6.07, 6.45) is 6.73. The quantitative estimate of drug-likeness (QED) is 0.458. The van der Waals surface area contributed by atoms with Gasteiger partial charge in [-0.2, -0.15) is 0 Å². The number of aromatic nitrogens is 1. The molecule has 0 aliphatic carbocycles. The Bertz CT molecular complexity index is 1240. The SMILES string of the molecule is C=Cc1c(O)c(C(c2ccncc2)N2CCN(CC)CC2)c2c(C(=O)OCC)c(C)oc2c1C=C. The smallest absolute Gasteiger partial charge is 0.342 e. The summed E-state index contributed by atoms with van der Waals surface area (Å²) in [6, 6.07) is 3.57. The lowest BCUT2D eigenvalue weighted by atomic mass is 9.87. The van der Waals surface area contributed by atoms with Crippen LogP contribution in [0, 0.1) is 6.92 Å². The van der Waals surface area contributed by atoms with Crippen LogP contribution in [-0.2, 0) is 4.74 Å². The molecule has 1 saturated heterocycles. The van der Waals surface area contributed by atoms with Crippen molar-refractivity contribution in [3.05, 3.63) is 71.3 Å². The first-order valence-corrected chi connectivity index (χ1v) is 12.1. The van der Waals surface area contributed by atoms with E-state index in [4.69, 9.17) is 9.15 Å². The first-order valence-electron chi connectivity index (χ1n) is 12.1. The van der Waals surface area contributed by atoms with Gasteiger partial charge in [-0.3, -0.25) is 9.88 Å². The molecule has 1 aromatic carbocycles. The van der Waals surface area contributed by atoms with Gasteiger partial charge >= 0.3 is 5.97 Å². The number of pyridine rings is 1. The monoisotopic (exact) mass is 475 g/mol. The van der Waals surface area contributed by atoms with Crippen LogP contribution in [-0.4, -0.2) is 65.2 Å². The molecule has 35 heavy (non-hydrogen) atoms. The van der Waals surface area contributed by atoms with Gasteiger partial charge in [-0.15, -0.1) is 0 Å². The van der Waals surface area contributed by atoms with Gasteiger partial charge in [0.15, 0.2) is 0 Å². The van der Waals surface area contributed by atoms with E-state index in [0.717, 1.165) is 38.3 Å². The maximum atomic E-state index is 13.1. The number of aromatic hydroxyl groups is 1. The Balaban J connectivity index is 2.07. The zero-order chi connectivity index (χ0) is 25.1. The van der Waals surface area contributed by atoms with Crippen LogP contribution < -0.4 is 0 Å². The van der Waals surface area contributed by atoms with Crippen LogP contribution in [0.1, 0.15) is 58.3 Å². The fourth-order valence-corrected chi connectivity index (χ4v) is 5.07. The minimum atomic E-state index is -0.477. The number of piperazine rings is 1. The first kappa shape index (κ1) is 24.7. The maximum absolute atomic E-state index is 13.1. The van der Waals surface area contributed by atoms with Gasteiger partial charge in [0.25, 0.3) is 0 Å². The van der Waals surface area contributed by atoms with Crippen molar-refractivity contribution in [2.24, 2.45) is 0 Å². The standard InChI is InChI=1S/C28H33N3O4/c1-6-20-21(7-2)27-23(22(18(5)35-27)28(33)34-9-4)24(26(20)32)25(19-10-12-29-13-11-19)31-16-14-30(8-3)15-17-31/h6-7,10-13,25,32H,1-2,8-9,14-17H2,3-5H3. The number of esters is 1. The molecule has 2 aromatic heterocycles. The molecule has 1 unspecified atom stereocenters. The molecule has 1 aliphatic rings. The van der Waals surface area contributed by atoms with Crippen molar-refractivity contribution in [2.75, 3.05) is 39.3 Å². The average molecular weight is 476 g/mol. The topological polar surface area (TPSA) is 79.0 Å². The normalized spacial score (nSPS) is 15.7. The summed E-state index contributed by atoms with van der Waals surface area (Å²) in [7, 11) is 0. The van der Waals surface area contributed by atoms with Gasteiger partial charge in [-0.25, -0.2) is 4.79 Å². The molecular formula is C28H33N3O4. The van der Waals surface area contributed by atoms with E-state index >= 15 is 0 Å². The predicted molar refractivity (Wildman–Crippen MR) is 139 cm³/mol. The number of ether oxygens (including phenoxy) is 1. The lowest BCUT2D eigenvalue weighted by Crippen LogP contribution is -2.47. The Morgan fingerprint density at radius 3 is 2.40 bits per heavy atom. The lowest BCUT2D eigenvalue weighted by molar-refractivity contribution is 0.0526. The number of benzene rings is 1. The van der Waals surface area contributed by atoms with Crippen molar-refractivity contribution >= 4 is 29.1 Å². The molecule has 0 radical (unpaired) electrons. The highest BCUT2D eigenvalue weighted by atomic mass is 16.5. The number of hydrogen-bond acceptors (Lipinski definition) is 7. The van der Waals surface area contributed by atoms with Crippen molar-refractivity contribution in [2.45, 2.75) is 26.8 Å². The Morgan fingerprint density at radius 1 is 1.17 bits per heavy atom. The fraction of sp³-hybridized carbons (Fsp3) is 0.357. The van der Waals surface area contributed by atoms with Gasteiger partial charge in [0, 0.05) is 60.6 Å². The third-order valence-electron chi connectivity index (χ3n) is 6.80. The van der Waals surface area contributed by atoms with E-state index in [1.54, 1.807) is 38.4 Å². The number of phenolic OH excluding ortho intramolecular Hbond substituents is 1. The molecule has 4 rings (SSSR count). The molecule has 1 N–H and O–H groups in total. The third kappa shape index (κ3) is 4.37. The van der Waals surface area contributed by atoms with Gasteiger partial charge in [0.1, 0.15) is 22.7 Å². The number of carbonyl (C=O) groups is 1. The van der Waals surface area contributed by atoms with Gasteiger partial charge < -0.3 is 19.2 Å². The second kappa shape index (κ2) is 10.5. The number of fused-ring (bicyclic) bond motifs is 1. The van der Waals surface area contributed by atoms with E-state index in [0.29, 0.717) is 39.0 Å². The van der Waals surface area contributed by atoms with Crippen LogP contribution in [0.3, 0.4) is 0 Å². The molecule has 1 atom stereocenters. The number of hydrogen-bond donors (Lipinski definition) is 1. The summed E-state index contributed by atoms with van der Waals surface area (Å²) < 4.78 is 11.6. The Kier molecular flexibility index (Phi) is 7.38. The second-order valence-electron chi connectivity index (χ2n) is 8.61. The summed E-state index contributed by atoms with van der Waals surface area (Å²) in [5.74, 6) is 0.0243. The van der Waals surface area contributed by atoms with E-state index in [2.05, 4.69) is 34.9 Å². The fourth-order valence-electron chi connectivity index (χ4n) is 5.07. The maximum Gasteiger partial charge on any atom is 0.342 e. The van der Waals surface area contributed by atoms with Gasteiger partial charge in [0.05, 0.1) is 12.6 Å². The molecule has 1 aliphatic heterocycles. The number of phenols is 1. The van der Waals surface area contributed by atoms with Crippen LogP contribution in [0.2, 0.25) is 0 Å². The van der Waals surface area contributed by atoms with Crippen LogP contribution in [0.5, 0.6) is 5.75 Å². The first-order chi connectivity index (χ1) is 17.0. The summed E-state index contributed by atoms with van der Waals surface area (Å²) in [6.45, 7) is 18.2. The van der Waals surface area contributed by atoms with Gasteiger partial charge in [0.2, 0.25) is 0 Å². The molecule has 0 bridgehead atoms. The molecule has 1 fully saturated rings. The van der Waals surface area contributed by atoms with Gasteiger partial charge in [-0.05, 0) is 38.1 Å². The Hall–Kier alpha value is -3.42. The highest BCUT2D eigenvalue weighted by Crippen LogP contribution is 2.47. The summed E-state index contributed by atoms with van der Waals surface area (Å²) in [5, 5.41) is 12.3. The summed E-state index contributed by atoms with van der Waals surface area (Å²) in [4.78, 5) is 22.1. The molecule has 7 nitrogen and oxygen atoms in total. The molecule has 184 valence electrons. The number of carbonyl (C=O) groups excluding carboxylic acids is 1. The molecule has 3 aromatic rings. The zero-order valence-corrected chi connectivity index (χ0v) is 20.7. The molecule has 0 amide bonds. The Morgan fingerprint density at radius 2 is 1.83 bits per heavy atom. The number of aryl methyl sites for hydroxylation is 1. The highest BCUT2D eigenvalue weighted by Gasteiger charge is 2.35. The van der Waals surface area contributed by atoms with Crippen LogP contribution in [0.15, 0.2) is 42.1 Å². The summed E-state index contributed by atoms with van der Waals surface area (Å²) in [5.41, 5.74) is 3.52. The van der Waals surface area contributed by atoms with Crippen LogP contribution in [0.25, 0.3) is 23.1 Å². The van der Waals surface area contributed by atoms with Crippen molar-refractivity contribution < 1.29 is 19.1 Å². The van der Waals surface area contributed by atoms with Crippen molar-refractivity contribution in [1.29, 1.82) is 0 Å². The van der Waals surface area contributed by atoms with Crippen molar-refractivity contribution in [3.8, 4) is 5.75 Å². The van der Waals surface area contributed by atoms with E-state index in [1.807, 2.05) is 12.1 Å². The molecule has 7 heteroatoms. The Labute approximate surface area is 206 Å². The lowest BCUT2D eigenvalue weighted by Gasteiger charge is -2.40. The number of likely N-dealkylation sites (N-methyl/N-ethyl adjacent to an activating group) is 1. The summed E-state index contributed by atoms with van der Waals surface area (Å²) >= 11 is 0. The molecule has 0 spiro atoms. The molecule has 0 saturated carbocycles. The second-order valence-corrected chi connectivity index (χ2v) is 8.61. The predicted octanol–water partition coefficient (Wildman–Crippen LogP) is 5.03. The largest absolute Gasteiger partial charge is 0.507 e. The van der Waals surface area contributed by atoms with Crippen molar-refractivity contribution in [1.82, 2.24) is 14.8 Å². The van der Waals surface area contributed by atoms with E-state index in [-0.39, 0.29) is 18.4 Å². The molecular weight excluding hydrogens is 442 g/mol. The van der Waals surface area contributed by atoms with E-state index in [1.165, 1.54) is 0 Å². The number of furan rings is 1. The van der Waals surface area contributed by atoms with E-state index < -0.39 is 5.97 Å². The number of rotatable bonds is 8. The molecule has 3 heterocycles. The van der Waals surface area contributed by atoms with Crippen LogP contribution in [0.4, 0.5) is 0 Å². The van der Waals surface area contributed by atoms with Crippen molar-refractivity contribution in [3.63, 3.8) is 0 Å². The van der Waals surface area contributed by atoms with Gasteiger partial charge in [-0.1, -0.05) is 32.2 Å². The average Bonchev–Trinajstić information content (AvgIpc) is 3.22. The highest BCUT2D eigenvalue weighted by molar-refractivity contribution is 6.10. The zero-order valence-electron chi connectivity index (χ0n) is 20.7.